The molecule has 5 heteroatoms. The Morgan fingerprint density at radius 1 is 1.69 bits per heavy atom. The number of aliphatic hydroxyl groups excluding tert-OH is 1. The molecule has 0 aliphatic carbocycles. The monoisotopic (exact) mass is 254 g/mol. The van der Waals surface area contributed by atoms with Crippen LogP contribution in [0.5, 0.6) is 0 Å². The van der Waals surface area contributed by atoms with Gasteiger partial charge < -0.3 is 9.84 Å². The minimum Gasteiger partial charge on any atom is -0.464 e. The number of alkyl halides is 1. The van der Waals surface area contributed by atoms with Gasteiger partial charge in [0.15, 0.2) is 0 Å². The van der Waals surface area contributed by atoms with E-state index in [4.69, 9.17) is 5.11 Å². The van der Waals surface area contributed by atoms with Crippen LogP contribution >= 0.6 is 15.9 Å². The average Bonchev–Trinajstić information content (AvgIpc) is 2.14. The van der Waals surface area contributed by atoms with E-state index >= 15 is 0 Å². The molecule has 76 valence electrons. The molecule has 0 bridgehead atoms. The lowest BCUT2D eigenvalue weighted by Crippen LogP contribution is -2.20. The first kappa shape index (κ1) is 12.6. The fourth-order valence-electron chi connectivity index (χ4n) is 0.654. The molecule has 0 fully saturated rings. The van der Waals surface area contributed by atoms with Gasteiger partial charge in [-0.1, -0.05) is 15.9 Å². The van der Waals surface area contributed by atoms with Gasteiger partial charge in [-0.3, -0.25) is 0 Å². The van der Waals surface area contributed by atoms with Gasteiger partial charge in [0.25, 0.3) is 0 Å². The Hall–Kier alpha value is -0.420. The molecule has 0 aromatic heterocycles. The molecule has 13 heavy (non-hydrogen) atoms. The highest BCUT2D eigenvalue weighted by Crippen LogP contribution is 2.17. The number of ether oxygens (including phenoxy) is 1. The predicted molar refractivity (Wildman–Crippen MR) is 50.2 cm³/mol. The van der Waals surface area contributed by atoms with E-state index in [1.165, 1.54) is 6.92 Å². The van der Waals surface area contributed by atoms with Gasteiger partial charge >= 0.3 is 5.97 Å². The number of hydrogen-bond donors (Lipinski definition) is 1. The molecule has 0 aliphatic rings. The number of esters is 1. The molecule has 0 saturated heterocycles. The highest BCUT2D eigenvalue weighted by Gasteiger charge is 2.22. The number of aliphatic hydroxyl groups is 1. The van der Waals surface area contributed by atoms with Crippen LogP contribution in [0.4, 0.5) is 4.39 Å². The van der Waals surface area contributed by atoms with Gasteiger partial charge in [-0.25, -0.2) is 9.18 Å². The molecule has 3 nitrogen and oxygen atoms in total. The Balaban J connectivity index is 4.41. The molecule has 1 atom stereocenters. The zero-order valence-corrected chi connectivity index (χ0v) is 9.10. The summed E-state index contributed by atoms with van der Waals surface area (Å²) in [6, 6.07) is 0. The Labute approximate surface area is 84.7 Å². The van der Waals surface area contributed by atoms with Crippen LogP contribution in [0.1, 0.15) is 13.8 Å². The average molecular weight is 255 g/mol. The third kappa shape index (κ3) is 3.87. The summed E-state index contributed by atoms with van der Waals surface area (Å²) in [5.41, 5.74) is 0.140. The van der Waals surface area contributed by atoms with Crippen molar-refractivity contribution in [3.63, 3.8) is 0 Å². The zero-order chi connectivity index (χ0) is 10.4. The van der Waals surface area contributed by atoms with Crippen molar-refractivity contribution in [2.75, 3.05) is 13.2 Å². The van der Waals surface area contributed by atoms with Crippen LogP contribution in [0.3, 0.4) is 0 Å². The second-order valence-electron chi connectivity index (χ2n) is 2.36. The van der Waals surface area contributed by atoms with Crippen molar-refractivity contribution in [3.8, 4) is 0 Å². The summed E-state index contributed by atoms with van der Waals surface area (Å²) in [5, 5.41) is 8.64. The lowest BCUT2D eigenvalue weighted by atomic mass is 10.2. The van der Waals surface area contributed by atoms with Gasteiger partial charge in [-0.2, -0.15) is 0 Å². The third-order valence-electron chi connectivity index (χ3n) is 1.44. The number of hydrogen-bond acceptors (Lipinski definition) is 3. The van der Waals surface area contributed by atoms with Gasteiger partial charge in [0, 0.05) is 4.48 Å². The van der Waals surface area contributed by atoms with Crippen LogP contribution in [-0.2, 0) is 9.53 Å². The lowest BCUT2D eigenvalue weighted by Gasteiger charge is -2.09. The minimum atomic E-state index is -1.80. The van der Waals surface area contributed by atoms with Gasteiger partial charge in [-0.05, 0) is 19.4 Å². The summed E-state index contributed by atoms with van der Waals surface area (Å²) in [4.78, 5) is 10.9. The summed E-state index contributed by atoms with van der Waals surface area (Å²) in [6.45, 7) is 2.83. The second kappa shape index (κ2) is 6.10. The fraction of sp³-hybridized carbons (Fsp3) is 0.625. The van der Waals surface area contributed by atoms with E-state index in [-0.39, 0.29) is 23.3 Å². The lowest BCUT2D eigenvalue weighted by molar-refractivity contribution is -0.147. The van der Waals surface area contributed by atoms with Crippen molar-refractivity contribution in [2.24, 2.45) is 0 Å². The Morgan fingerprint density at radius 3 is 2.62 bits per heavy atom. The number of rotatable bonds is 4. The van der Waals surface area contributed by atoms with E-state index in [0.29, 0.717) is 0 Å². The van der Waals surface area contributed by atoms with E-state index in [1.54, 1.807) is 6.92 Å². The first-order valence-electron chi connectivity index (χ1n) is 3.81. The summed E-state index contributed by atoms with van der Waals surface area (Å²) < 4.78 is 17.9. The van der Waals surface area contributed by atoms with Crippen LogP contribution in [0.2, 0.25) is 0 Å². The summed E-state index contributed by atoms with van der Waals surface area (Å²) in [7, 11) is 0. The molecule has 1 unspecified atom stereocenters. The predicted octanol–water partition coefficient (Wildman–Crippen LogP) is 1.55. The highest BCUT2D eigenvalue weighted by molar-refractivity contribution is 9.11. The molecular weight excluding hydrogens is 243 g/mol. The normalized spacial score (nSPS) is 14.8. The highest BCUT2D eigenvalue weighted by atomic mass is 79.9. The summed E-state index contributed by atoms with van der Waals surface area (Å²) in [6.07, 6.45) is -1.80. The van der Waals surface area contributed by atoms with Crippen LogP contribution in [0.15, 0.2) is 10.1 Å². The SMILES string of the molecule is CCOC(=O)C(F)C(C)=C(Br)CO. The largest absolute Gasteiger partial charge is 0.464 e. The maximum atomic E-state index is 13.1. The molecule has 0 saturated carbocycles. The molecule has 0 aromatic rings. The van der Waals surface area contributed by atoms with E-state index in [9.17, 15) is 9.18 Å². The maximum Gasteiger partial charge on any atom is 0.345 e. The van der Waals surface area contributed by atoms with Crippen LogP contribution in [0, 0.1) is 0 Å². The molecule has 0 amide bonds. The van der Waals surface area contributed by atoms with Crippen molar-refractivity contribution in [2.45, 2.75) is 20.0 Å². The van der Waals surface area contributed by atoms with Crippen LogP contribution in [-0.4, -0.2) is 30.5 Å². The minimum absolute atomic E-state index is 0.140. The van der Waals surface area contributed by atoms with Gasteiger partial charge in [0.2, 0.25) is 6.17 Å². The first-order valence-corrected chi connectivity index (χ1v) is 4.60. The molecule has 0 rings (SSSR count). The van der Waals surface area contributed by atoms with Gasteiger partial charge in [-0.15, -0.1) is 0 Å². The number of carbonyl (C=O) groups is 1. The Morgan fingerprint density at radius 2 is 2.23 bits per heavy atom. The van der Waals surface area contributed by atoms with Crippen LogP contribution in [0.25, 0.3) is 0 Å². The van der Waals surface area contributed by atoms with Crippen molar-refractivity contribution in [1.29, 1.82) is 0 Å². The molecule has 1 N–H and O–H groups in total. The van der Waals surface area contributed by atoms with Crippen molar-refractivity contribution < 1.29 is 19.0 Å². The van der Waals surface area contributed by atoms with Crippen molar-refractivity contribution in [3.05, 3.63) is 10.1 Å². The van der Waals surface area contributed by atoms with Crippen molar-refractivity contribution in [1.82, 2.24) is 0 Å². The van der Waals surface area contributed by atoms with Crippen molar-refractivity contribution >= 4 is 21.9 Å². The van der Waals surface area contributed by atoms with E-state index in [1.807, 2.05) is 0 Å². The molecule has 0 spiro atoms. The molecular formula is C8H12BrFO3. The topological polar surface area (TPSA) is 46.5 Å². The first-order chi connectivity index (χ1) is 6.04. The maximum absolute atomic E-state index is 13.1. The smallest absolute Gasteiger partial charge is 0.345 e. The molecule has 0 heterocycles. The summed E-state index contributed by atoms with van der Waals surface area (Å²) >= 11 is 2.94. The zero-order valence-electron chi connectivity index (χ0n) is 7.51. The third-order valence-corrected chi connectivity index (χ3v) is 2.32. The van der Waals surface area contributed by atoms with E-state index < -0.39 is 12.1 Å². The van der Waals surface area contributed by atoms with Gasteiger partial charge in [0.05, 0.1) is 13.2 Å². The van der Waals surface area contributed by atoms with Crippen LogP contribution < -0.4 is 0 Å². The number of carbonyl (C=O) groups excluding carboxylic acids is 1. The second-order valence-corrected chi connectivity index (χ2v) is 3.32. The standard InChI is InChI=1S/C8H12BrFO3/c1-3-13-8(12)7(10)5(2)6(9)4-11/h7,11H,3-4H2,1-2H3. The quantitative estimate of drug-likeness (QED) is 0.775. The van der Waals surface area contributed by atoms with Gasteiger partial charge in [0.1, 0.15) is 0 Å². The van der Waals surface area contributed by atoms with E-state index in [0.717, 1.165) is 0 Å². The fourth-order valence-corrected chi connectivity index (χ4v) is 0.855. The number of halogens is 2. The molecule has 0 aromatic carbocycles. The Bertz CT molecular complexity index is 215. The summed E-state index contributed by atoms with van der Waals surface area (Å²) in [5.74, 6) is -0.926. The van der Waals surface area contributed by atoms with E-state index in [2.05, 4.69) is 20.7 Å². The molecule has 0 aliphatic heterocycles. The Kier molecular flexibility index (Phi) is 5.90. The molecule has 0 radical (unpaired) electrons.